The summed E-state index contributed by atoms with van der Waals surface area (Å²) in [5.74, 6) is 2.52. The highest BCUT2D eigenvalue weighted by Gasteiger charge is 1.94. The van der Waals surface area contributed by atoms with E-state index in [2.05, 4.69) is 11.2 Å². The van der Waals surface area contributed by atoms with Crippen molar-refractivity contribution in [2.45, 2.75) is 13.2 Å². The lowest BCUT2D eigenvalue weighted by molar-refractivity contribution is 0.224. The first kappa shape index (κ1) is 8.63. The van der Waals surface area contributed by atoms with E-state index in [0.717, 1.165) is 11.3 Å². The fraction of sp³-hybridized carbons (Fsp3) is 0.200. The van der Waals surface area contributed by atoms with Crippen molar-refractivity contribution in [3.8, 4) is 12.3 Å². The lowest BCUT2D eigenvalue weighted by Gasteiger charge is -2.08. The fourth-order valence-electron chi connectivity index (χ4n) is 0.904. The van der Waals surface area contributed by atoms with Gasteiger partial charge in [-0.2, -0.15) is 0 Å². The van der Waals surface area contributed by atoms with Crippen molar-refractivity contribution in [2.24, 2.45) is 0 Å². The molecule has 0 aliphatic rings. The van der Waals surface area contributed by atoms with Gasteiger partial charge in [-0.25, -0.2) is 0 Å². The monoisotopic (exact) mass is 161 g/mol. The van der Waals surface area contributed by atoms with Gasteiger partial charge in [0.25, 0.3) is 0 Å². The van der Waals surface area contributed by atoms with Crippen LogP contribution in [-0.4, -0.2) is 11.3 Å². The van der Waals surface area contributed by atoms with Crippen LogP contribution in [0.1, 0.15) is 12.5 Å². The molecule has 0 aliphatic heterocycles. The molecule has 1 rings (SSSR count). The number of rotatable bonds is 2. The SMILES string of the molecule is C#Cc1ccc(NC(C)O)cc1. The molecule has 1 unspecified atom stereocenters. The van der Waals surface area contributed by atoms with Crippen molar-refractivity contribution >= 4 is 5.69 Å². The average molecular weight is 161 g/mol. The second-order valence-electron chi connectivity index (χ2n) is 2.54. The van der Waals surface area contributed by atoms with Crippen LogP contribution in [0, 0.1) is 12.3 Å². The minimum absolute atomic E-state index is 0.540. The molecule has 0 radical (unpaired) electrons. The van der Waals surface area contributed by atoms with Crippen molar-refractivity contribution in [3.63, 3.8) is 0 Å². The van der Waals surface area contributed by atoms with E-state index in [0.29, 0.717) is 0 Å². The molecular weight excluding hydrogens is 150 g/mol. The highest BCUT2D eigenvalue weighted by Crippen LogP contribution is 2.08. The summed E-state index contributed by atoms with van der Waals surface area (Å²) in [6.45, 7) is 1.66. The quantitative estimate of drug-likeness (QED) is 0.508. The van der Waals surface area contributed by atoms with Crippen molar-refractivity contribution in [1.82, 2.24) is 0 Å². The molecule has 0 saturated heterocycles. The van der Waals surface area contributed by atoms with E-state index in [1.807, 2.05) is 24.3 Å². The van der Waals surface area contributed by atoms with E-state index in [1.165, 1.54) is 0 Å². The molecular formula is C10H11NO. The molecule has 2 nitrogen and oxygen atoms in total. The molecule has 0 saturated carbocycles. The van der Waals surface area contributed by atoms with Crippen molar-refractivity contribution in [1.29, 1.82) is 0 Å². The van der Waals surface area contributed by atoms with Crippen molar-refractivity contribution in [3.05, 3.63) is 29.8 Å². The molecule has 0 aliphatic carbocycles. The largest absolute Gasteiger partial charge is 0.374 e. The number of hydrogen-bond donors (Lipinski definition) is 2. The normalized spacial score (nSPS) is 11.8. The van der Waals surface area contributed by atoms with Gasteiger partial charge < -0.3 is 10.4 Å². The first-order valence-corrected chi connectivity index (χ1v) is 3.73. The number of aliphatic hydroxyl groups is 1. The zero-order valence-electron chi connectivity index (χ0n) is 6.91. The van der Waals surface area contributed by atoms with Crippen LogP contribution < -0.4 is 5.32 Å². The molecule has 0 fully saturated rings. The summed E-state index contributed by atoms with van der Waals surface area (Å²) in [5, 5.41) is 11.8. The standard InChI is InChI=1S/C10H11NO/c1-3-9-4-6-10(7-5-9)11-8(2)12/h1,4-8,11-12H,2H3. The maximum absolute atomic E-state index is 8.98. The number of terminal acetylenes is 1. The smallest absolute Gasteiger partial charge is 0.121 e. The van der Waals surface area contributed by atoms with Crippen LogP contribution in [-0.2, 0) is 0 Å². The van der Waals surface area contributed by atoms with Crippen molar-refractivity contribution in [2.75, 3.05) is 5.32 Å². The van der Waals surface area contributed by atoms with Crippen LogP contribution in [0.4, 0.5) is 5.69 Å². The highest BCUT2D eigenvalue weighted by atomic mass is 16.3. The van der Waals surface area contributed by atoms with Crippen LogP contribution in [0.5, 0.6) is 0 Å². The van der Waals surface area contributed by atoms with Crippen molar-refractivity contribution < 1.29 is 5.11 Å². The predicted octanol–water partition coefficient (Wildman–Crippen LogP) is 1.42. The Hall–Kier alpha value is -1.46. The van der Waals surface area contributed by atoms with Crippen LogP contribution in [0.15, 0.2) is 24.3 Å². The zero-order valence-corrected chi connectivity index (χ0v) is 6.91. The van der Waals surface area contributed by atoms with Crippen LogP contribution in [0.3, 0.4) is 0 Å². The molecule has 1 aromatic rings. The Kier molecular flexibility index (Phi) is 2.73. The van der Waals surface area contributed by atoms with E-state index < -0.39 is 6.23 Å². The summed E-state index contributed by atoms with van der Waals surface area (Å²) in [5.41, 5.74) is 1.70. The summed E-state index contributed by atoms with van der Waals surface area (Å²) in [6, 6.07) is 7.32. The first-order valence-electron chi connectivity index (χ1n) is 3.73. The minimum Gasteiger partial charge on any atom is -0.374 e. The van der Waals surface area contributed by atoms with Gasteiger partial charge in [0.1, 0.15) is 6.23 Å². The molecule has 1 atom stereocenters. The molecule has 2 heteroatoms. The molecule has 0 amide bonds. The number of nitrogens with one attached hydrogen (secondary N) is 1. The van der Waals surface area contributed by atoms with E-state index in [-0.39, 0.29) is 0 Å². The van der Waals surface area contributed by atoms with Crippen LogP contribution in [0.2, 0.25) is 0 Å². The fourth-order valence-corrected chi connectivity index (χ4v) is 0.904. The summed E-state index contributed by atoms with van der Waals surface area (Å²) in [6.07, 6.45) is 4.64. The minimum atomic E-state index is -0.540. The molecule has 12 heavy (non-hydrogen) atoms. The summed E-state index contributed by atoms with van der Waals surface area (Å²) < 4.78 is 0. The first-order chi connectivity index (χ1) is 5.72. The second-order valence-corrected chi connectivity index (χ2v) is 2.54. The molecule has 2 N–H and O–H groups in total. The Morgan fingerprint density at radius 2 is 2.00 bits per heavy atom. The molecule has 62 valence electrons. The van der Waals surface area contributed by atoms with Gasteiger partial charge in [0.05, 0.1) is 0 Å². The lowest BCUT2D eigenvalue weighted by atomic mass is 10.2. The Labute approximate surface area is 72.2 Å². The lowest BCUT2D eigenvalue weighted by Crippen LogP contribution is -2.12. The average Bonchev–Trinajstić information content (AvgIpc) is 2.05. The summed E-state index contributed by atoms with van der Waals surface area (Å²) in [4.78, 5) is 0. The van der Waals surface area contributed by atoms with Gasteiger partial charge in [-0.1, -0.05) is 5.92 Å². The Morgan fingerprint density at radius 1 is 1.42 bits per heavy atom. The predicted molar refractivity (Wildman–Crippen MR) is 49.7 cm³/mol. The molecule has 0 bridgehead atoms. The van der Waals surface area contributed by atoms with Crippen LogP contribution in [0.25, 0.3) is 0 Å². The molecule has 1 aromatic carbocycles. The zero-order chi connectivity index (χ0) is 8.97. The summed E-state index contributed by atoms with van der Waals surface area (Å²) in [7, 11) is 0. The Morgan fingerprint density at radius 3 is 2.42 bits per heavy atom. The van der Waals surface area contributed by atoms with E-state index in [4.69, 9.17) is 11.5 Å². The van der Waals surface area contributed by atoms with Gasteiger partial charge in [0, 0.05) is 11.3 Å². The number of aliphatic hydroxyl groups excluding tert-OH is 1. The molecule has 0 aromatic heterocycles. The van der Waals surface area contributed by atoms with Gasteiger partial charge in [0.2, 0.25) is 0 Å². The number of anilines is 1. The van der Waals surface area contributed by atoms with E-state index >= 15 is 0 Å². The van der Waals surface area contributed by atoms with E-state index in [9.17, 15) is 0 Å². The number of hydrogen-bond acceptors (Lipinski definition) is 2. The van der Waals surface area contributed by atoms with E-state index in [1.54, 1.807) is 6.92 Å². The maximum atomic E-state index is 8.98. The number of benzene rings is 1. The maximum Gasteiger partial charge on any atom is 0.121 e. The van der Waals surface area contributed by atoms with Crippen LogP contribution >= 0.6 is 0 Å². The topological polar surface area (TPSA) is 32.3 Å². The molecule has 0 spiro atoms. The van der Waals surface area contributed by atoms with Gasteiger partial charge in [-0.05, 0) is 31.2 Å². The van der Waals surface area contributed by atoms with Gasteiger partial charge in [-0.3, -0.25) is 0 Å². The van der Waals surface area contributed by atoms with Gasteiger partial charge in [-0.15, -0.1) is 6.42 Å². The summed E-state index contributed by atoms with van der Waals surface area (Å²) >= 11 is 0. The Balaban J connectivity index is 2.73. The second kappa shape index (κ2) is 3.80. The third kappa shape index (κ3) is 2.30. The van der Waals surface area contributed by atoms with Gasteiger partial charge >= 0.3 is 0 Å². The molecule has 0 heterocycles. The van der Waals surface area contributed by atoms with Gasteiger partial charge in [0.15, 0.2) is 0 Å². The third-order valence-corrected chi connectivity index (χ3v) is 1.43. The Bertz CT molecular complexity index is 282. The third-order valence-electron chi connectivity index (χ3n) is 1.43. The highest BCUT2D eigenvalue weighted by molar-refractivity contribution is 5.47.